The van der Waals surface area contributed by atoms with E-state index in [9.17, 15) is 14.7 Å². The minimum absolute atomic E-state index is 0.0493. The normalized spacial score (nSPS) is 12.6. The lowest BCUT2D eigenvalue weighted by atomic mass is 9.94. The molecule has 37 heavy (non-hydrogen) atoms. The number of rotatable bonds is 10. The first kappa shape index (κ1) is 25.7. The number of nitrogens with one attached hydrogen (secondary N) is 2. The molecule has 1 aromatic heterocycles. The standard InChI is InChI=1S/C28H30N4O5/c1-4-5-11-21-24(20-15-19(36-2)12-13-23(20)37-3)26(33)25(28(35)30-21)22-14-18(31-32-22)16-29-27(34)17-9-7-6-8-10-17/h6-10,12-13,15H,4-5,11,14,16H2,1-3H3,(H,29,34)(H2,30,33,35). The highest BCUT2D eigenvalue weighted by Crippen LogP contribution is 2.41. The van der Waals surface area contributed by atoms with Crippen molar-refractivity contribution < 1.29 is 19.4 Å². The predicted octanol–water partition coefficient (Wildman–Crippen LogP) is 4.09. The van der Waals surface area contributed by atoms with E-state index in [1.807, 2.05) is 6.07 Å². The Balaban J connectivity index is 1.65. The van der Waals surface area contributed by atoms with E-state index in [-0.39, 0.29) is 30.2 Å². The van der Waals surface area contributed by atoms with E-state index in [0.717, 1.165) is 12.8 Å². The van der Waals surface area contributed by atoms with E-state index >= 15 is 0 Å². The summed E-state index contributed by atoms with van der Waals surface area (Å²) in [6, 6.07) is 14.1. The van der Waals surface area contributed by atoms with Crippen molar-refractivity contribution in [1.29, 1.82) is 0 Å². The smallest absolute Gasteiger partial charge is 0.261 e. The maximum atomic E-state index is 13.2. The molecule has 1 aliphatic rings. The summed E-state index contributed by atoms with van der Waals surface area (Å²) in [5.74, 6) is 0.693. The molecule has 9 nitrogen and oxygen atoms in total. The van der Waals surface area contributed by atoms with Crippen LogP contribution in [-0.4, -0.2) is 48.2 Å². The van der Waals surface area contributed by atoms with Gasteiger partial charge in [-0.1, -0.05) is 31.5 Å². The van der Waals surface area contributed by atoms with Crippen LogP contribution in [0.5, 0.6) is 17.2 Å². The SMILES string of the molecule is CCCCc1[nH]c(=O)c(C2=NN=C(CNC(=O)c3ccccc3)C2)c(O)c1-c1cc(OC)ccc1OC. The highest BCUT2D eigenvalue weighted by atomic mass is 16.5. The molecule has 4 rings (SSSR count). The number of aryl methyl sites for hydroxylation is 1. The molecule has 192 valence electrons. The summed E-state index contributed by atoms with van der Waals surface area (Å²) < 4.78 is 11.0. The number of nitrogens with zero attached hydrogens (tertiary/aromatic N) is 2. The van der Waals surface area contributed by atoms with E-state index in [1.165, 1.54) is 0 Å². The molecule has 3 N–H and O–H groups in total. The van der Waals surface area contributed by atoms with Gasteiger partial charge in [0.2, 0.25) is 0 Å². The number of hydrogen-bond donors (Lipinski definition) is 3. The van der Waals surface area contributed by atoms with Crippen LogP contribution in [0.2, 0.25) is 0 Å². The third-order valence-corrected chi connectivity index (χ3v) is 6.18. The fourth-order valence-electron chi connectivity index (χ4n) is 4.25. The second-order valence-electron chi connectivity index (χ2n) is 8.64. The fraction of sp³-hybridized carbons (Fsp3) is 0.286. The lowest BCUT2D eigenvalue weighted by molar-refractivity contribution is 0.0959. The lowest BCUT2D eigenvalue weighted by Gasteiger charge is -2.17. The van der Waals surface area contributed by atoms with Gasteiger partial charge in [0.15, 0.2) is 0 Å². The first-order chi connectivity index (χ1) is 18.0. The number of aromatic nitrogens is 1. The molecule has 0 bridgehead atoms. The highest BCUT2D eigenvalue weighted by Gasteiger charge is 2.27. The van der Waals surface area contributed by atoms with Gasteiger partial charge in [-0.05, 0) is 43.2 Å². The van der Waals surface area contributed by atoms with Crippen molar-refractivity contribution in [3.05, 3.63) is 75.7 Å². The van der Waals surface area contributed by atoms with Crippen molar-refractivity contribution in [3.8, 4) is 28.4 Å². The monoisotopic (exact) mass is 502 g/mol. The van der Waals surface area contributed by atoms with Crippen molar-refractivity contribution in [1.82, 2.24) is 10.3 Å². The molecule has 0 radical (unpaired) electrons. The van der Waals surface area contributed by atoms with Gasteiger partial charge >= 0.3 is 0 Å². The van der Waals surface area contributed by atoms with Crippen molar-refractivity contribution in [2.75, 3.05) is 20.8 Å². The summed E-state index contributed by atoms with van der Waals surface area (Å²) in [4.78, 5) is 28.5. The molecule has 0 saturated heterocycles. The molecule has 0 aliphatic carbocycles. The van der Waals surface area contributed by atoms with Crippen molar-refractivity contribution in [3.63, 3.8) is 0 Å². The van der Waals surface area contributed by atoms with Crippen LogP contribution in [0.1, 0.15) is 47.8 Å². The Morgan fingerprint density at radius 1 is 1.08 bits per heavy atom. The number of aromatic amines is 1. The summed E-state index contributed by atoms with van der Waals surface area (Å²) in [5, 5.41) is 22.6. The van der Waals surface area contributed by atoms with E-state index in [1.54, 1.807) is 56.7 Å². The fourth-order valence-corrected chi connectivity index (χ4v) is 4.25. The van der Waals surface area contributed by atoms with Gasteiger partial charge in [-0.3, -0.25) is 9.59 Å². The predicted molar refractivity (Wildman–Crippen MR) is 143 cm³/mol. The Hall–Kier alpha value is -4.40. The molecule has 2 aromatic carbocycles. The van der Waals surface area contributed by atoms with Crippen molar-refractivity contribution in [2.24, 2.45) is 10.2 Å². The van der Waals surface area contributed by atoms with Crippen LogP contribution in [0.4, 0.5) is 0 Å². The first-order valence-corrected chi connectivity index (χ1v) is 12.1. The molecule has 1 aliphatic heterocycles. The van der Waals surface area contributed by atoms with Crippen molar-refractivity contribution in [2.45, 2.75) is 32.6 Å². The van der Waals surface area contributed by atoms with Gasteiger partial charge in [-0.25, -0.2) is 0 Å². The average molecular weight is 503 g/mol. The van der Waals surface area contributed by atoms with E-state index in [2.05, 4.69) is 27.4 Å². The molecule has 0 atom stereocenters. The summed E-state index contributed by atoms with van der Waals surface area (Å²) in [5.41, 5.74) is 2.71. The third kappa shape index (κ3) is 5.55. The van der Waals surface area contributed by atoms with Crippen LogP contribution in [0.3, 0.4) is 0 Å². The highest BCUT2D eigenvalue weighted by molar-refractivity contribution is 6.17. The molecular weight excluding hydrogens is 472 g/mol. The summed E-state index contributed by atoms with van der Waals surface area (Å²) >= 11 is 0. The number of hydrogen-bond acceptors (Lipinski definition) is 7. The van der Waals surface area contributed by atoms with Crippen LogP contribution in [0.15, 0.2) is 63.5 Å². The number of pyridine rings is 1. The molecule has 0 unspecified atom stereocenters. The minimum atomic E-state index is -0.447. The number of carbonyl (C=O) groups excluding carboxylic acids is 1. The van der Waals surface area contributed by atoms with Gasteiger partial charge in [0.25, 0.3) is 11.5 Å². The number of benzene rings is 2. The zero-order valence-corrected chi connectivity index (χ0v) is 21.1. The third-order valence-electron chi connectivity index (χ3n) is 6.18. The van der Waals surface area contributed by atoms with Crippen LogP contribution in [-0.2, 0) is 6.42 Å². The van der Waals surface area contributed by atoms with Gasteiger partial charge in [0.05, 0.1) is 32.2 Å². The molecular formula is C28H30N4O5. The molecule has 9 heteroatoms. The Kier molecular flexibility index (Phi) is 8.02. The van der Waals surface area contributed by atoms with Gasteiger partial charge in [0.1, 0.15) is 22.8 Å². The van der Waals surface area contributed by atoms with Gasteiger partial charge in [0, 0.05) is 28.8 Å². The van der Waals surface area contributed by atoms with Crippen molar-refractivity contribution >= 4 is 17.3 Å². The number of methoxy groups -OCH3 is 2. The number of ether oxygens (including phenoxy) is 2. The topological polar surface area (TPSA) is 125 Å². The Morgan fingerprint density at radius 2 is 1.86 bits per heavy atom. The Morgan fingerprint density at radius 3 is 2.57 bits per heavy atom. The molecule has 0 fully saturated rings. The Labute approximate surface area is 214 Å². The summed E-state index contributed by atoms with van der Waals surface area (Å²) in [6.45, 7) is 2.23. The van der Waals surface area contributed by atoms with Crippen LogP contribution < -0.4 is 20.3 Å². The quantitative estimate of drug-likeness (QED) is 0.385. The maximum Gasteiger partial charge on any atom is 0.261 e. The molecule has 3 aromatic rings. The van der Waals surface area contributed by atoms with Crippen LogP contribution >= 0.6 is 0 Å². The second kappa shape index (κ2) is 11.6. The lowest BCUT2D eigenvalue weighted by Crippen LogP contribution is -2.30. The van der Waals surface area contributed by atoms with E-state index < -0.39 is 5.56 Å². The van der Waals surface area contributed by atoms with Gasteiger partial charge < -0.3 is 24.9 Å². The maximum absolute atomic E-state index is 13.2. The largest absolute Gasteiger partial charge is 0.506 e. The Bertz CT molecular complexity index is 1410. The first-order valence-electron chi connectivity index (χ1n) is 12.1. The van der Waals surface area contributed by atoms with Crippen LogP contribution in [0.25, 0.3) is 11.1 Å². The van der Waals surface area contributed by atoms with Gasteiger partial charge in [-0.15, -0.1) is 0 Å². The summed E-state index contributed by atoms with van der Waals surface area (Å²) in [6.07, 6.45) is 2.52. The molecule has 0 saturated carbocycles. The van der Waals surface area contributed by atoms with E-state index in [0.29, 0.717) is 51.7 Å². The van der Waals surface area contributed by atoms with Crippen LogP contribution in [0, 0.1) is 0 Å². The average Bonchev–Trinajstić information content (AvgIpc) is 3.39. The van der Waals surface area contributed by atoms with E-state index in [4.69, 9.17) is 9.47 Å². The van der Waals surface area contributed by atoms with Gasteiger partial charge in [-0.2, -0.15) is 10.2 Å². The molecule has 0 spiro atoms. The number of H-pyrrole nitrogens is 1. The zero-order valence-electron chi connectivity index (χ0n) is 21.1. The molecule has 1 amide bonds. The minimum Gasteiger partial charge on any atom is -0.506 e. The number of aromatic hydroxyl groups is 1. The summed E-state index contributed by atoms with van der Waals surface area (Å²) in [7, 11) is 3.11. The number of unbranched alkanes of at least 4 members (excludes halogenated alkanes) is 1. The second-order valence-corrected chi connectivity index (χ2v) is 8.64. The zero-order chi connectivity index (χ0) is 26.4. The number of amides is 1. The molecule has 2 heterocycles. The number of carbonyl (C=O) groups is 1.